The monoisotopic (exact) mass is 436 g/mol. The summed E-state index contributed by atoms with van der Waals surface area (Å²) >= 11 is 0. The van der Waals surface area contributed by atoms with E-state index in [-0.39, 0.29) is 13.1 Å². The van der Waals surface area contributed by atoms with Crippen molar-refractivity contribution in [3.63, 3.8) is 0 Å². The Morgan fingerprint density at radius 2 is 1.57 bits per heavy atom. The van der Waals surface area contributed by atoms with Crippen LogP contribution in [0.3, 0.4) is 0 Å². The molecule has 162 valence electrons. The number of aromatic nitrogens is 1. The molecule has 0 bridgehead atoms. The quantitative estimate of drug-likeness (QED) is 0.635. The second-order valence-corrected chi connectivity index (χ2v) is 10.5. The summed E-state index contributed by atoms with van der Waals surface area (Å²) in [6.45, 7) is 2.01. The molecule has 0 aliphatic heterocycles. The lowest BCUT2D eigenvalue weighted by Gasteiger charge is -2.37. The highest BCUT2D eigenvalue weighted by atomic mass is 32.2. The van der Waals surface area contributed by atoms with Crippen LogP contribution in [0.1, 0.15) is 32.6 Å². The molecule has 3 aromatic rings. The molecule has 4 rings (SSSR count). The van der Waals surface area contributed by atoms with Crippen LogP contribution >= 0.6 is 0 Å². The number of nitrogens with zero attached hydrogens (tertiary/aromatic N) is 2. The van der Waals surface area contributed by atoms with Gasteiger partial charge in [0.2, 0.25) is 10.0 Å². The van der Waals surface area contributed by atoms with Gasteiger partial charge in [-0.25, -0.2) is 17.2 Å². The number of sulfonamides is 1. The van der Waals surface area contributed by atoms with E-state index in [1.807, 2.05) is 6.92 Å². The molecule has 0 saturated heterocycles. The minimum atomic E-state index is -3.51. The fourth-order valence-corrected chi connectivity index (χ4v) is 6.27. The average Bonchev–Trinajstić information content (AvgIpc) is 3.22. The summed E-state index contributed by atoms with van der Waals surface area (Å²) in [6.07, 6.45) is 3.65. The van der Waals surface area contributed by atoms with E-state index in [9.17, 15) is 22.3 Å². The van der Waals surface area contributed by atoms with E-state index in [1.54, 1.807) is 16.7 Å². The molecule has 1 aromatic heterocycles. The third-order valence-corrected chi connectivity index (χ3v) is 7.63. The molecule has 30 heavy (non-hydrogen) atoms. The van der Waals surface area contributed by atoms with Gasteiger partial charge in [-0.05, 0) is 56.2 Å². The van der Waals surface area contributed by atoms with Crippen LogP contribution in [0.25, 0.3) is 21.8 Å². The summed E-state index contributed by atoms with van der Waals surface area (Å²) in [7, 11) is -3.51. The standard InChI is InChI=1S/C22H26F2N2O3S/c1-22(9-3-4-10-22)26(30(2,28)29)14-17(27)13-25-20-7-5-15(23)11-18(20)19-12-16(24)6-8-21(19)25/h5-8,11-12,17,27H,3-4,9-10,13-14H2,1-2H3. The molecule has 1 N–H and O–H groups in total. The minimum absolute atomic E-state index is 0.0289. The van der Waals surface area contributed by atoms with Crippen LogP contribution in [-0.4, -0.2) is 46.8 Å². The van der Waals surface area contributed by atoms with Gasteiger partial charge in [-0.15, -0.1) is 0 Å². The molecule has 2 aromatic carbocycles. The van der Waals surface area contributed by atoms with E-state index >= 15 is 0 Å². The van der Waals surface area contributed by atoms with Gasteiger partial charge in [0.05, 0.1) is 18.9 Å². The van der Waals surface area contributed by atoms with E-state index in [1.165, 1.54) is 34.8 Å². The number of fused-ring (bicyclic) bond motifs is 3. The first kappa shape index (κ1) is 21.2. The predicted molar refractivity (Wildman–Crippen MR) is 114 cm³/mol. The number of aliphatic hydroxyl groups is 1. The van der Waals surface area contributed by atoms with Gasteiger partial charge in [0.15, 0.2) is 0 Å². The van der Waals surface area contributed by atoms with Gasteiger partial charge in [-0.3, -0.25) is 0 Å². The Balaban J connectivity index is 1.71. The Kier molecular flexibility index (Phi) is 5.36. The summed E-state index contributed by atoms with van der Waals surface area (Å²) in [6, 6.07) is 8.54. The van der Waals surface area contributed by atoms with Crippen LogP contribution in [0.5, 0.6) is 0 Å². The van der Waals surface area contributed by atoms with Crippen LogP contribution in [0.2, 0.25) is 0 Å². The van der Waals surface area contributed by atoms with Gasteiger partial charge >= 0.3 is 0 Å². The van der Waals surface area contributed by atoms with E-state index in [2.05, 4.69) is 0 Å². The van der Waals surface area contributed by atoms with Crippen molar-refractivity contribution >= 4 is 31.8 Å². The van der Waals surface area contributed by atoms with Crippen molar-refractivity contribution in [1.29, 1.82) is 0 Å². The number of aliphatic hydroxyl groups excluding tert-OH is 1. The van der Waals surface area contributed by atoms with E-state index in [4.69, 9.17) is 0 Å². The first-order chi connectivity index (χ1) is 14.1. The van der Waals surface area contributed by atoms with Crippen LogP contribution in [-0.2, 0) is 16.6 Å². The Morgan fingerprint density at radius 1 is 1.07 bits per heavy atom. The molecular weight excluding hydrogens is 410 g/mol. The molecule has 1 aliphatic carbocycles. The summed E-state index contributed by atoms with van der Waals surface area (Å²) < 4.78 is 55.8. The number of hydrogen-bond donors (Lipinski definition) is 1. The third kappa shape index (κ3) is 3.84. The van der Waals surface area contributed by atoms with Crippen LogP contribution in [0.15, 0.2) is 36.4 Å². The van der Waals surface area contributed by atoms with Gasteiger partial charge in [0.1, 0.15) is 11.6 Å². The number of rotatable bonds is 6. The highest BCUT2D eigenvalue weighted by Crippen LogP contribution is 2.37. The van der Waals surface area contributed by atoms with Crippen molar-refractivity contribution in [1.82, 2.24) is 8.87 Å². The Hall–Kier alpha value is -2.03. The molecule has 1 heterocycles. The van der Waals surface area contributed by atoms with Crippen LogP contribution in [0, 0.1) is 11.6 Å². The highest BCUT2D eigenvalue weighted by molar-refractivity contribution is 7.88. The first-order valence-electron chi connectivity index (χ1n) is 10.1. The zero-order valence-corrected chi connectivity index (χ0v) is 17.9. The third-order valence-electron chi connectivity index (χ3n) is 6.24. The average molecular weight is 437 g/mol. The molecule has 1 fully saturated rings. The summed E-state index contributed by atoms with van der Waals surface area (Å²) in [5, 5.41) is 12.0. The number of benzene rings is 2. The second kappa shape index (κ2) is 7.59. The fraction of sp³-hybridized carbons (Fsp3) is 0.455. The van der Waals surface area contributed by atoms with Crippen molar-refractivity contribution in [3.8, 4) is 0 Å². The zero-order chi connectivity index (χ0) is 21.7. The van der Waals surface area contributed by atoms with E-state index < -0.39 is 33.3 Å². The molecule has 1 aliphatic rings. The van der Waals surface area contributed by atoms with Crippen molar-refractivity contribution in [2.45, 2.75) is 50.8 Å². The Labute approximate surface area is 175 Å². The summed E-state index contributed by atoms with van der Waals surface area (Å²) in [4.78, 5) is 0. The first-order valence-corrected chi connectivity index (χ1v) is 12.0. The fourth-order valence-electron chi connectivity index (χ4n) is 4.85. The van der Waals surface area contributed by atoms with Gasteiger partial charge in [-0.1, -0.05) is 12.8 Å². The molecular formula is C22H26F2N2O3S. The second-order valence-electron chi connectivity index (χ2n) is 8.59. The van der Waals surface area contributed by atoms with Crippen molar-refractivity contribution in [2.24, 2.45) is 0 Å². The molecule has 0 radical (unpaired) electrons. The molecule has 8 heteroatoms. The van der Waals surface area contributed by atoms with Gasteiger partial charge in [-0.2, -0.15) is 4.31 Å². The smallest absolute Gasteiger partial charge is 0.211 e. The largest absolute Gasteiger partial charge is 0.390 e. The maximum atomic E-state index is 13.8. The van der Waals surface area contributed by atoms with E-state index in [0.29, 0.717) is 21.8 Å². The number of halogens is 2. The lowest BCUT2D eigenvalue weighted by molar-refractivity contribution is 0.0933. The number of hydrogen-bond acceptors (Lipinski definition) is 3. The van der Waals surface area contributed by atoms with Crippen LogP contribution in [0.4, 0.5) is 8.78 Å². The van der Waals surface area contributed by atoms with Gasteiger partial charge < -0.3 is 9.67 Å². The predicted octanol–water partition coefficient (Wildman–Crippen LogP) is 4.03. The minimum Gasteiger partial charge on any atom is -0.390 e. The van der Waals surface area contributed by atoms with Crippen molar-refractivity contribution in [3.05, 3.63) is 48.0 Å². The molecule has 0 spiro atoms. The maximum Gasteiger partial charge on any atom is 0.211 e. The molecule has 1 saturated carbocycles. The van der Waals surface area contributed by atoms with Crippen molar-refractivity contribution in [2.75, 3.05) is 12.8 Å². The van der Waals surface area contributed by atoms with Gasteiger partial charge in [0, 0.05) is 33.9 Å². The Bertz CT molecular complexity index is 1140. The zero-order valence-electron chi connectivity index (χ0n) is 17.1. The van der Waals surface area contributed by atoms with Crippen LogP contribution < -0.4 is 0 Å². The normalized spacial score (nSPS) is 17.9. The highest BCUT2D eigenvalue weighted by Gasteiger charge is 2.41. The molecule has 1 unspecified atom stereocenters. The topological polar surface area (TPSA) is 62.5 Å². The molecule has 0 amide bonds. The lowest BCUT2D eigenvalue weighted by Crippen LogP contribution is -2.51. The molecule has 1 atom stereocenters. The van der Waals surface area contributed by atoms with E-state index in [0.717, 1.165) is 25.7 Å². The number of β-amino-alcohol motifs (C(OH)–C–C–N with tert-alkyl or cyclic N) is 1. The maximum absolute atomic E-state index is 13.8. The van der Waals surface area contributed by atoms with Crippen molar-refractivity contribution < 1.29 is 22.3 Å². The summed E-state index contributed by atoms with van der Waals surface area (Å²) in [5.74, 6) is -0.854. The molecule has 5 nitrogen and oxygen atoms in total. The lowest BCUT2D eigenvalue weighted by atomic mass is 10.0. The Morgan fingerprint density at radius 3 is 2.03 bits per heavy atom. The van der Waals surface area contributed by atoms with Gasteiger partial charge in [0.25, 0.3) is 0 Å². The SMILES string of the molecule is CC1(N(CC(O)Cn2c3ccc(F)cc3c3cc(F)ccc32)S(C)(=O)=O)CCCC1. The summed E-state index contributed by atoms with van der Waals surface area (Å²) in [5.41, 5.74) is 0.824.